The van der Waals surface area contributed by atoms with Crippen molar-refractivity contribution < 1.29 is 4.79 Å². The second kappa shape index (κ2) is 5.98. The van der Waals surface area contributed by atoms with Crippen LogP contribution in [0.5, 0.6) is 0 Å². The van der Waals surface area contributed by atoms with Gasteiger partial charge in [-0.05, 0) is 19.2 Å². The molecule has 1 aliphatic rings. The molecular weight excluding hydrogens is 226 g/mol. The van der Waals surface area contributed by atoms with Crippen LogP contribution in [0, 0.1) is 0 Å². The minimum Gasteiger partial charge on any atom is -0.340 e. The third-order valence-corrected chi connectivity index (χ3v) is 3.50. The van der Waals surface area contributed by atoms with Gasteiger partial charge >= 0.3 is 0 Å². The first kappa shape index (κ1) is 13.1. The van der Waals surface area contributed by atoms with Gasteiger partial charge in [0.15, 0.2) is 0 Å². The van der Waals surface area contributed by atoms with Gasteiger partial charge in [0.05, 0.1) is 0 Å². The Balaban J connectivity index is 1.95. The molecule has 0 bridgehead atoms. The van der Waals surface area contributed by atoms with Crippen molar-refractivity contribution in [2.45, 2.75) is 6.04 Å². The molecule has 0 spiro atoms. The molecule has 1 unspecified atom stereocenters. The lowest BCUT2D eigenvalue weighted by Crippen LogP contribution is -2.54. The number of benzene rings is 1. The van der Waals surface area contributed by atoms with E-state index in [9.17, 15) is 4.79 Å². The molecule has 1 atom stereocenters. The Bertz CT molecular complexity index is 393. The molecule has 2 rings (SSSR count). The highest BCUT2D eigenvalue weighted by Gasteiger charge is 2.22. The Kier molecular flexibility index (Phi) is 4.33. The number of rotatable bonds is 3. The van der Waals surface area contributed by atoms with E-state index in [2.05, 4.69) is 17.3 Å². The van der Waals surface area contributed by atoms with Crippen molar-refractivity contribution in [3.05, 3.63) is 35.9 Å². The molecule has 0 radical (unpaired) electrons. The van der Waals surface area contributed by atoms with E-state index in [1.165, 1.54) is 0 Å². The number of carbonyl (C=O) groups excluding carboxylic acids is 1. The van der Waals surface area contributed by atoms with Crippen molar-refractivity contribution in [2.24, 2.45) is 0 Å². The van der Waals surface area contributed by atoms with Crippen LogP contribution < -0.4 is 5.32 Å². The minimum atomic E-state index is 0.0922. The molecule has 1 aliphatic heterocycles. The summed E-state index contributed by atoms with van der Waals surface area (Å²) in [4.78, 5) is 16.3. The summed E-state index contributed by atoms with van der Waals surface area (Å²) in [6.45, 7) is 3.78. The van der Waals surface area contributed by atoms with Gasteiger partial charge in [0.25, 0.3) is 5.91 Å². The number of carbonyl (C=O) groups is 1. The predicted octanol–water partition coefficient (Wildman–Crippen LogP) is 0.662. The lowest BCUT2D eigenvalue weighted by molar-refractivity contribution is 0.0729. The first-order valence-electron chi connectivity index (χ1n) is 6.40. The van der Waals surface area contributed by atoms with Crippen LogP contribution in [0.1, 0.15) is 10.4 Å². The predicted molar refractivity (Wildman–Crippen MR) is 72.7 cm³/mol. The molecule has 0 aliphatic carbocycles. The fourth-order valence-corrected chi connectivity index (χ4v) is 2.27. The quantitative estimate of drug-likeness (QED) is 0.852. The van der Waals surface area contributed by atoms with Crippen molar-refractivity contribution in [3.8, 4) is 0 Å². The third kappa shape index (κ3) is 3.09. The van der Waals surface area contributed by atoms with Crippen LogP contribution in [0.4, 0.5) is 0 Å². The summed E-state index contributed by atoms with van der Waals surface area (Å²) in [5.74, 6) is 0.0922. The Morgan fingerprint density at radius 3 is 2.83 bits per heavy atom. The molecule has 98 valence electrons. The summed E-state index contributed by atoms with van der Waals surface area (Å²) in [6, 6.07) is 9.85. The normalized spacial score (nSPS) is 20.7. The van der Waals surface area contributed by atoms with Crippen molar-refractivity contribution in [1.29, 1.82) is 0 Å². The highest BCUT2D eigenvalue weighted by Crippen LogP contribution is 2.06. The molecule has 1 aromatic rings. The number of hydrogen-bond donors (Lipinski definition) is 1. The van der Waals surface area contributed by atoms with E-state index >= 15 is 0 Å². The molecule has 1 saturated heterocycles. The lowest BCUT2D eigenvalue weighted by atomic mass is 10.1. The molecule has 1 fully saturated rings. The second-order valence-electron chi connectivity index (χ2n) is 4.89. The van der Waals surface area contributed by atoms with E-state index in [1.54, 1.807) is 0 Å². The highest BCUT2D eigenvalue weighted by molar-refractivity contribution is 5.94. The average Bonchev–Trinajstić information content (AvgIpc) is 2.41. The van der Waals surface area contributed by atoms with Gasteiger partial charge in [-0.1, -0.05) is 18.2 Å². The van der Waals surface area contributed by atoms with E-state index in [0.29, 0.717) is 6.04 Å². The molecular formula is C14H21N3O. The summed E-state index contributed by atoms with van der Waals surface area (Å²) in [5, 5.41) is 3.37. The van der Waals surface area contributed by atoms with Crippen LogP contribution in [-0.4, -0.2) is 62.0 Å². The largest absolute Gasteiger partial charge is 0.340 e. The van der Waals surface area contributed by atoms with Crippen molar-refractivity contribution in [1.82, 2.24) is 15.1 Å². The number of piperazine rings is 1. The van der Waals surface area contributed by atoms with Crippen molar-refractivity contribution in [2.75, 3.05) is 40.3 Å². The zero-order valence-corrected chi connectivity index (χ0v) is 11.1. The maximum absolute atomic E-state index is 12.2. The van der Waals surface area contributed by atoms with Gasteiger partial charge in [0.1, 0.15) is 0 Å². The molecule has 1 aromatic carbocycles. The number of nitrogens with zero attached hydrogens (tertiary/aromatic N) is 2. The zero-order chi connectivity index (χ0) is 13.0. The maximum atomic E-state index is 12.2. The van der Waals surface area contributed by atoms with Gasteiger partial charge in [0, 0.05) is 44.8 Å². The number of nitrogens with one attached hydrogen (secondary N) is 1. The summed E-state index contributed by atoms with van der Waals surface area (Å²) < 4.78 is 0. The second-order valence-corrected chi connectivity index (χ2v) is 4.89. The number of likely N-dealkylation sites (N-methyl/N-ethyl adjacent to an activating group) is 2. The van der Waals surface area contributed by atoms with E-state index in [4.69, 9.17) is 0 Å². The Hall–Kier alpha value is -1.39. The Labute approximate surface area is 109 Å². The third-order valence-electron chi connectivity index (χ3n) is 3.50. The van der Waals surface area contributed by atoms with Crippen LogP contribution in [0.3, 0.4) is 0 Å². The van der Waals surface area contributed by atoms with Crippen molar-refractivity contribution >= 4 is 5.91 Å². The standard InChI is InChI=1S/C14H21N3O/c1-16-9-8-15-10-13(16)11-17(2)14(18)12-6-4-3-5-7-12/h3-7,13,15H,8-11H2,1-2H3. The smallest absolute Gasteiger partial charge is 0.253 e. The zero-order valence-electron chi connectivity index (χ0n) is 11.1. The first-order chi connectivity index (χ1) is 8.68. The van der Waals surface area contributed by atoms with Gasteiger partial charge in [-0.25, -0.2) is 0 Å². The molecule has 1 N–H and O–H groups in total. The minimum absolute atomic E-state index is 0.0922. The fourth-order valence-electron chi connectivity index (χ4n) is 2.27. The van der Waals surface area contributed by atoms with Gasteiger partial charge in [-0.15, -0.1) is 0 Å². The monoisotopic (exact) mass is 247 g/mol. The van der Waals surface area contributed by atoms with Crippen LogP contribution in [0.2, 0.25) is 0 Å². The molecule has 4 nitrogen and oxygen atoms in total. The molecule has 0 aromatic heterocycles. The van der Waals surface area contributed by atoms with Crippen molar-refractivity contribution in [3.63, 3.8) is 0 Å². The SMILES string of the molecule is CN(CC1CNCCN1C)C(=O)c1ccccc1. The van der Waals surface area contributed by atoms with Crippen LogP contribution >= 0.6 is 0 Å². The number of amides is 1. The summed E-state index contributed by atoms with van der Waals surface area (Å²) in [7, 11) is 3.99. The highest BCUT2D eigenvalue weighted by atomic mass is 16.2. The van der Waals surface area contributed by atoms with Gasteiger partial charge in [-0.2, -0.15) is 0 Å². The van der Waals surface area contributed by atoms with Gasteiger partial charge in [-0.3, -0.25) is 9.69 Å². The maximum Gasteiger partial charge on any atom is 0.253 e. The molecule has 4 heteroatoms. The van der Waals surface area contributed by atoms with E-state index in [-0.39, 0.29) is 5.91 Å². The topological polar surface area (TPSA) is 35.6 Å². The van der Waals surface area contributed by atoms with Crippen LogP contribution in [0.15, 0.2) is 30.3 Å². The number of hydrogen-bond acceptors (Lipinski definition) is 3. The van der Waals surface area contributed by atoms with Gasteiger partial charge < -0.3 is 10.2 Å². The average molecular weight is 247 g/mol. The first-order valence-corrected chi connectivity index (χ1v) is 6.40. The van der Waals surface area contributed by atoms with E-state index < -0.39 is 0 Å². The lowest BCUT2D eigenvalue weighted by Gasteiger charge is -2.35. The Morgan fingerprint density at radius 2 is 2.17 bits per heavy atom. The molecule has 1 amide bonds. The van der Waals surface area contributed by atoms with E-state index in [1.807, 2.05) is 42.3 Å². The Morgan fingerprint density at radius 1 is 1.44 bits per heavy atom. The molecule has 0 saturated carbocycles. The molecule has 1 heterocycles. The summed E-state index contributed by atoms with van der Waals surface area (Å²) >= 11 is 0. The van der Waals surface area contributed by atoms with E-state index in [0.717, 1.165) is 31.7 Å². The molecule has 18 heavy (non-hydrogen) atoms. The summed E-state index contributed by atoms with van der Waals surface area (Å²) in [5.41, 5.74) is 0.756. The van der Waals surface area contributed by atoms with Crippen LogP contribution in [0.25, 0.3) is 0 Å². The van der Waals surface area contributed by atoms with Crippen LogP contribution in [-0.2, 0) is 0 Å². The van der Waals surface area contributed by atoms with Gasteiger partial charge in [0.2, 0.25) is 0 Å². The summed E-state index contributed by atoms with van der Waals surface area (Å²) in [6.07, 6.45) is 0. The fraction of sp³-hybridized carbons (Fsp3) is 0.500.